The highest BCUT2D eigenvalue weighted by Gasteiger charge is 2.28. The number of ketones is 1. The van der Waals surface area contributed by atoms with Crippen molar-refractivity contribution >= 4 is 39.6 Å². The van der Waals surface area contributed by atoms with Gasteiger partial charge >= 0.3 is 5.97 Å². The maximum atomic E-state index is 13.8. The topological polar surface area (TPSA) is 110 Å². The molecule has 0 saturated heterocycles. The van der Waals surface area contributed by atoms with Crippen molar-refractivity contribution < 1.29 is 19.1 Å². The molecule has 0 aliphatic rings. The first-order chi connectivity index (χ1) is 17.8. The molecule has 2 aromatic carbocycles. The van der Waals surface area contributed by atoms with Gasteiger partial charge in [0.25, 0.3) is 5.91 Å². The van der Waals surface area contributed by atoms with Crippen LogP contribution in [0.15, 0.2) is 60.9 Å². The van der Waals surface area contributed by atoms with Crippen LogP contribution in [-0.2, 0) is 11.3 Å². The van der Waals surface area contributed by atoms with E-state index in [0.717, 1.165) is 22.4 Å². The number of amides is 1. The van der Waals surface area contributed by atoms with Crippen LogP contribution >= 0.6 is 0 Å². The van der Waals surface area contributed by atoms with E-state index in [1.807, 2.05) is 25.1 Å². The van der Waals surface area contributed by atoms with Crippen LogP contribution in [0, 0.1) is 6.92 Å². The molecule has 5 aromatic rings. The third kappa shape index (κ3) is 4.14. The molecule has 0 atom stereocenters. The number of nitrogens with one attached hydrogen (secondary N) is 1. The van der Waals surface area contributed by atoms with Gasteiger partial charge in [-0.1, -0.05) is 30.3 Å². The van der Waals surface area contributed by atoms with Gasteiger partial charge in [-0.25, -0.2) is 9.78 Å². The summed E-state index contributed by atoms with van der Waals surface area (Å²) in [6.07, 6.45) is 3.50. The number of ether oxygens (including phenoxy) is 1. The number of pyridine rings is 1. The van der Waals surface area contributed by atoms with E-state index in [4.69, 9.17) is 4.74 Å². The number of aromatic amines is 1. The highest BCUT2D eigenvalue weighted by atomic mass is 16.5. The van der Waals surface area contributed by atoms with Crippen LogP contribution in [0.4, 0.5) is 0 Å². The summed E-state index contributed by atoms with van der Waals surface area (Å²) in [5.74, 6) is -0.463. The Hall–Kier alpha value is -4.79. The number of esters is 1. The Kier molecular flexibility index (Phi) is 6.04. The van der Waals surface area contributed by atoms with E-state index in [-0.39, 0.29) is 28.5 Å². The number of hydrogen-bond acceptors (Lipinski definition) is 6. The van der Waals surface area contributed by atoms with E-state index >= 15 is 0 Å². The van der Waals surface area contributed by atoms with Crippen molar-refractivity contribution in [3.63, 3.8) is 0 Å². The predicted molar refractivity (Wildman–Crippen MR) is 139 cm³/mol. The summed E-state index contributed by atoms with van der Waals surface area (Å²) in [7, 11) is 4.49. The SMILES string of the molecule is COC(=O)c1cccc2[nH]c(C(=O)N(C)C)c(C(=O)c3ccc(Cn4c(C)nc5ccncc54)cc3)c12. The van der Waals surface area contributed by atoms with Gasteiger partial charge in [0.05, 0.1) is 35.5 Å². The Morgan fingerprint density at radius 3 is 2.51 bits per heavy atom. The molecule has 0 spiro atoms. The molecule has 9 nitrogen and oxygen atoms in total. The second-order valence-electron chi connectivity index (χ2n) is 8.93. The third-order valence-corrected chi connectivity index (χ3v) is 6.37. The zero-order valence-electron chi connectivity index (χ0n) is 20.9. The number of nitrogens with zero attached hydrogens (tertiary/aromatic N) is 4. The Morgan fingerprint density at radius 2 is 1.81 bits per heavy atom. The van der Waals surface area contributed by atoms with Crippen molar-refractivity contribution in [2.24, 2.45) is 0 Å². The number of H-pyrrole nitrogens is 1. The Labute approximate surface area is 212 Å². The molecule has 0 unspecified atom stereocenters. The van der Waals surface area contributed by atoms with Crippen LogP contribution in [0.2, 0.25) is 0 Å². The number of carbonyl (C=O) groups excluding carboxylic acids is 3. The predicted octanol–water partition coefficient (Wildman–Crippen LogP) is 3.99. The average molecular weight is 496 g/mol. The summed E-state index contributed by atoms with van der Waals surface area (Å²) in [5, 5.41) is 0.363. The van der Waals surface area contributed by atoms with Gasteiger partial charge in [-0.3, -0.25) is 14.6 Å². The van der Waals surface area contributed by atoms with Crippen molar-refractivity contribution in [3.05, 3.63) is 94.7 Å². The number of benzene rings is 2. The van der Waals surface area contributed by atoms with E-state index in [9.17, 15) is 14.4 Å². The van der Waals surface area contributed by atoms with E-state index in [2.05, 4.69) is 19.5 Å². The molecule has 3 aromatic heterocycles. The monoisotopic (exact) mass is 495 g/mol. The summed E-state index contributed by atoms with van der Waals surface area (Å²) < 4.78 is 7.00. The number of aromatic nitrogens is 4. The second kappa shape index (κ2) is 9.34. The summed E-state index contributed by atoms with van der Waals surface area (Å²) in [5.41, 5.74) is 4.16. The van der Waals surface area contributed by atoms with Gasteiger partial charge in [-0.2, -0.15) is 0 Å². The highest BCUT2D eigenvalue weighted by molar-refractivity contribution is 6.24. The van der Waals surface area contributed by atoms with Gasteiger partial charge in [-0.05, 0) is 30.7 Å². The molecule has 3 heterocycles. The van der Waals surface area contributed by atoms with Crippen LogP contribution in [0.5, 0.6) is 0 Å². The van der Waals surface area contributed by atoms with Crippen LogP contribution in [0.3, 0.4) is 0 Å². The minimum atomic E-state index is -0.588. The molecule has 186 valence electrons. The molecule has 0 radical (unpaired) electrons. The lowest BCUT2D eigenvalue weighted by Gasteiger charge is -2.12. The molecular weight excluding hydrogens is 470 g/mol. The minimum Gasteiger partial charge on any atom is -0.465 e. The lowest BCUT2D eigenvalue weighted by molar-refractivity contribution is 0.0602. The van der Waals surface area contributed by atoms with E-state index in [1.54, 1.807) is 56.8 Å². The molecule has 37 heavy (non-hydrogen) atoms. The van der Waals surface area contributed by atoms with Crippen LogP contribution in [0.25, 0.3) is 21.9 Å². The number of fused-ring (bicyclic) bond motifs is 2. The Morgan fingerprint density at radius 1 is 1.05 bits per heavy atom. The van der Waals surface area contributed by atoms with Crippen molar-refractivity contribution in [1.82, 2.24) is 24.4 Å². The quantitative estimate of drug-likeness (QED) is 0.282. The maximum Gasteiger partial charge on any atom is 0.338 e. The first-order valence-electron chi connectivity index (χ1n) is 11.6. The minimum absolute atomic E-state index is 0.124. The highest BCUT2D eigenvalue weighted by Crippen LogP contribution is 2.30. The lowest BCUT2D eigenvalue weighted by Crippen LogP contribution is -2.24. The van der Waals surface area contributed by atoms with Crippen LogP contribution < -0.4 is 0 Å². The van der Waals surface area contributed by atoms with Crippen molar-refractivity contribution in [2.45, 2.75) is 13.5 Å². The summed E-state index contributed by atoms with van der Waals surface area (Å²) >= 11 is 0. The van der Waals surface area contributed by atoms with Crippen molar-refractivity contribution in [3.8, 4) is 0 Å². The number of hydrogen-bond donors (Lipinski definition) is 1. The third-order valence-electron chi connectivity index (χ3n) is 6.37. The molecule has 0 bridgehead atoms. The molecular formula is C28H25N5O4. The summed E-state index contributed by atoms with van der Waals surface area (Å²) in [6.45, 7) is 2.50. The van der Waals surface area contributed by atoms with Crippen molar-refractivity contribution in [1.29, 1.82) is 0 Å². The van der Waals surface area contributed by atoms with Gasteiger partial charge in [0.2, 0.25) is 0 Å². The number of carbonyl (C=O) groups is 3. The Balaban J connectivity index is 1.56. The maximum absolute atomic E-state index is 13.8. The molecule has 0 aliphatic carbocycles. The average Bonchev–Trinajstić information content (AvgIpc) is 3.45. The molecule has 9 heteroatoms. The largest absolute Gasteiger partial charge is 0.465 e. The molecule has 0 fully saturated rings. The number of rotatable bonds is 6. The first kappa shape index (κ1) is 23.9. The van der Waals surface area contributed by atoms with E-state index in [0.29, 0.717) is 23.0 Å². The lowest BCUT2D eigenvalue weighted by atomic mass is 9.96. The van der Waals surface area contributed by atoms with Gasteiger partial charge in [0, 0.05) is 43.3 Å². The molecule has 1 N–H and O–H groups in total. The number of methoxy groups -OCH3 is 1. The molecule has 5 rings (SSSR count). The molecule has 0 saturated carbocycles. The fourth-order valence-corrected chi connectivity index (χ4v) is 4.52. The van der Waals surface area contributed by atoms with Gasteiger partial charge in [0.15, 0.2) is 5.78 Å². The Bertz CT molecular complexity index is 1680. The van der Waals surface area contributed by atoms with E-state index in [1.165, 1.54) is 12.0 Å². The van der Waals surface area contributed by atoms with Gasteiger partial charge < -0.3 is 19.2 Å². The smallest absolute Gasteiger partial charge is 0.338 e. The fraction of sp³-hybridized carbons (Fsp3) is 0.179. The molecule has 0 aliphatic heterocycles. The van der Waals surface area contributed by atoms with Crippen LogP contribution in [-0.4, -0.2) is 63.3 Å². The second-order valence-corrected chi connectivity index (χ2v) is 8.93. The van der Waals surface area contributed by atoms with Gasteiger partial charge in [-0.15, -0.1) is 0 Å². The summed E-state index contributed by atoms with van der Waals surface area (Å²) in [6, 6.07) is 14.1. The molecule has 1 amide bonds. The van der Waals surface area contributed by atoms with Gasteiger partial charge in [0.1, 0.15) is 11.5 Å². The first-order valence-corrected chi connectivity index (χ1v) is 11.6. The zero-order valence-corrected chi connectivity index (χ0v) is 20.9. The summed E-state index contributed by atoms with van der Waals surface area (Å²) in [4.78, 5) is 52.6. The van der Waals surface area contributed by atoms with Crippen molar-refractivity contribution in [2.75, 3.05) is 21.2 Å². The van der Waals surface area contributed by atoms with E-state index < -0.39 is 5.97 Å². The number of imidazole rings is 1. The zero-order chi connectivity index (χ0) is 26.3. The van der Waals surface area contributed by atoms with Crippen LogP contribution in [0.1, 0.15) is 48.2 Å². The number of aryl methyl sites for hydroxylation is 1. The standard InChI is InChI=1S/C28H25N5O4/c1-16-30-20-12-13-29-14-22(20)33(16)15-17-8-10-18(11-9-17)26(34)24-23-19(28(36)37-4)6-5-7-21(23)31-25(24)27(35)32(2)3/h5-14,31H,15H2,1-4H3. The normalized spacial score (nSPS) is 11.1. The fourth-order valence-electron chi connectivity index (χ4n) is 4.52.